The third-order valence-corrected chi connectivity index (χ3v) is 6.27. The minimum absolute atomic E-state index is 0.150. The second kappa shape index (κ2) is 12.8. The molecule has 1 atom stereocenters. The lowest BCUT2D eigenvalue weighted by Gasteiger charge is -2.33. The van der Waals surface area contributed by atoms with Gasteiger partial charge in [0, 0.05) is 18.5 Å². The smallest absolute Gasteiger partial charge is 0.261 e. The van der Waals surface area contributed by atoms with Crippen LogP contribution < -0.4 is 14.8 Å². The van der Waals surface area contributed by atoms with Crippen LogP contribution in [0.15, 0.2) is 72.8 Å². The van der Waals surface area contributed by atoms with Gasteiger partial charge in [0.15, 0.2) is 6.61 Å². The molecule has 0 aliphatic carbocycles. The highest BCUT2D eigenvalue weighted by Gasteiger charge is 2.32. The maximum absolute atomic E-state index is 13.6. The Balaban J connectivity index is 1.93. The molecule has 1 N–H and O–H groups in total. The lowest BCUT2D eigenvalue weighted by atomic mass is 10.0. The summed E-state index contributed by atoms with van der Waals surface area (Å²) in [6.07, 6.45) is 0.332. The lowest BCUT2D eigenvalue weighted by molar-refractivity contribution is -0.143. The second-order valence-corrected chi connectivity index (χ2v) is 10.5. The van der Waals surface area contributed by atoms with Gasteiger partial charge in [-0.3, -0.25) is 9.59 Å². The predicted octanol–water partition coefficient (Wildman–Crippen LogP) is 5.94. The molecule has 3 rings (SSSR count). The van der Waals surface area contributed by atoms with Crippen molar-refractivity contribution in [3.05, 3.63) is 94.0 Å². The van der Waals surface area contributed by atoms with Gasteiger partial charge < -0.3 is 19.7 Å². The van der Waals surface area contributed by atoms with Crippen LogP contribution in [0.4, 0.5) is 0 Å². The summed E-state index contributed by atoms with van der Waals surface area (Å²) in [5, 5.41) is 3.82. The molecule has 0 radical (unpaired) electrons. The van der Waals surface area contributed by atoms with Gasteiger partial charge in [-0.15, -0.1) is 0 Å². The molecule has 0 aliphatic heterocycles. The molecule has 0 saturated heterocycles. The predicted molar refractivity (Wildman–Crippen MR) is 147 cm³/mol. The normalized spacial score (nSPS) is 11.9. The van der Waals surface area contributed by atoms with Crippen LogP contribution in [0.2, 0.25) is 10.0 Å². The fourth-order valence-corrected chi connectivity index (χ4v) is 4.06. The topological polar surface area (TPSA) is 67.9 Å². The van der Waals surface area contributed by atoms with Gasteiger partial charge in [-0.1, -0.05) is 59.6 Å². The number of ether oxygens (including phenoxy) is 2. The highest BCUT2D eigenvalue weighted by atomic mass is 35.5. The molecule has 0 aromatic heterocycles. The van der Waals surface area contributed by atoms with E-state index in [4.69, 9.17) is 32.7 Å². The first-order chi connectivity index (χ1) is 17.6. The van der Waals surface area contributed by atoms with Crippen molar-refractivity contribution in [2.45, 2.75) is 45.3 Å². The maximum atomic E-state index is 13.6. The molecule has 3 aromatic carbocycles. The summed E-state index contributed by atoms with van der Waals surface area (Å²) >= 11 is 12.4. The molecule has 37 heavy (non-hydrogen) atoms. The largest absolute Gasteiger partial charge is 0.497 e. The maximum Gasteiger partial charge on any atom is 0.261 e. The highest BCUT2D eigenvalue weighted by molar-refractivity contribution is 6.42. The minimum atomic E-state index is -0.789. The van der Waals surface area contributed by atoms with Crippen LogP contribution in [0.25, 0.3) is 0 Å². The Morgan fingerprint density at radius 3 is 2.14 bits per heavy atom. The first kappa shape index (κ1) is 28.4. The molecule has 0 bridgehead atoms. The van der Waals surface area contributed by atoms with Gasteiger partial charge in [-0.2, -0.15) is 0 Å². The Labute approximate surface area is 228 Å². The number of halogens is 2. The van der Waals surface area contributed by atoms with E-state index in [0.717, 1.165) is 11.1 Å². The molecule has 8 heteroatoms. The third-order valence-electron chi connectivity index (χ3n) is 5.53. The third kappa shape index (κ3) is 8.69. The number of carbonyl (C=O) groups is 2. The number of methoxy groups -OCH3 is 1. The minimum Gasteiger partial charge on any atom is -0.497 e. The summed E-state index contributed by atoms with van der Waals surface area (Å²) in [6.45, 7) is 5.62. The van der Waals surface area contributed by atoms with Crippen LogP contribution in [0.1, 0.15) is 31.9 Å². The molecule has 0 saturated carbocycles. The first-order valence-electron chi connectivity index (χ1n) is 11.9. The zero-order valence-corrected chi connectivity index (χ0v) is 23.0. The Morgan fingerprint density at radius 2 is 1.54 bits per heavy atom. The zero-order chi connectivity index (χ0) is 27.0. The van der Waals surface area contributed by atoms with Gasteiger partial charge in [0.1, 0.15) is 17.5 Å². The van der Waals surface area contributed by atoms with Crippen molar-refractivity contribution < 1.29 is 19.1 Å². The molecule has 196 valence electrons. The summed E-state index contributed by atoms with van der Waals surface area (Å²) in [6, 6.07) is 20.9. The van der Waals surface area contributed by atoms with Crippen LogP contribution in [-0.2, 0) is 22.6 Å². The molecular weight excluding hydrogens is 511 g/mol. The SMILES string of the molecule is COc1ccc(OCC(=O)N(Cc2ccc(Cl)c(Cl)c2)C(Cc2ccccc2)C(=O)NC(C)(C)C)cc1. The van der Waals surface area contributed by atoms with Crippen molar-refractivity contribution in [2.75, 3.05) is 13.7 Å². The van der Waals surface area contributed by atoms with Crippen molar-refractivity contribution in [1.29, 1.82) is 0 Å². The van der Waals surface area contributed by atoms with E-state index in [1.165, 1.54) is 4.90 Å². The van der Waals surface area contributed by atoms with E-state index >= 15 is 0 Å². The van der Waals surface area contributed by atoms with Crippen LogP contribution in [0, 0.1) is 0 Å². The van der Waals surface area contributed by atoms with E-state index in [-0.39, 0.29) is 25.0 Å². The van der Waals surface area contributed by atoms with Gasteiger partial charge in [-0.05, 0) is 68.3 Å². The summed E-state index contributed by atoms with van der Waals surface area (Å²) in [5.41, 5.74) is 1.19. The fraction of sp³-hybridized carbons (Fsp3) is 0.310. The number of benzene rings is 3. The van der Waals surface area contributed by atoms with Crippen LogP contribution in [-0.4, -0.2) is 42.0 Å². The van der Waals surface area contributed by atoms with Crippen molar-refractivity contribution in [1.82, 2.24) is 10.2 Å². The Bertz CT molecular complexity index is 1190. The molecule has 3 aromatic rings. The quantitative estimate of drug-likeness (QED) is 0.344. The summed E-state index contributed by atoms with van der Waals surface area (Å²) < 4.78 is 11.0. The monoisotopic (exact) mass is 542 g/mol. The zero-order valence-electron chi connectivity index (χ0n) is 21.5. The van der Waals surface area contributed by atoms with E-state index in [9.17, 15) is 9.59 Å². The number of hydrogen-bond acceptors (Lipinski definition) is 4. The summed E-state index contributed by atoms with van der Waals surface area (Å²) in [7, 11) is 1.58. The van der Waals surface area contributed by atoms with Crippen LogP contribution in [0.5, 0.6) is 11.5 Å². The highest BCUT2D eigenvalue weighted by Crippen LogP contribution is 2.25. The molecular formula is C29H32Cl2N2O4. The van der Waals surface area contributed by atoms with Crippen molar-refractivity contribution in [3.63, 3.8) is 0 Å². The molecule has 2 amide bonds. The molecule has 0 aliphatic rings. The number of nitrogens with zero attached hydrogens (tertiary/aromatic N) is 1. The van der Waals surface area contributed by atoms with E-state index in [1.807, 2.05) is 51.1 Å². The van der Waals surface area contributed by atoms with Crippen molar-refractivity contribution >= 4 is 35.0 Å². The van der Waals surface area contributed by atoms with Crippen LogP contribution in [0.3, 0.4) is 0 Å². The Hall–Kier alpha value is -3.22. The Kier molecular flexibility index (Phi) is 9.84. The Morgan fingerprint density at radius 1 is 0.892 bits per heavy atom. The van der Waals surface area contributed by atoms with E-state index < -0.39 is 11.6 Å². The van der Waals surface area contributed by atoms with Crippen molar-refractivity contribution in [2.24, 2.45) is 0 Å². The number of carbonyl (C=O) groups excluding carboxylic acids is 2. The van der Waals surface area contributed by atoms with Gasteiger partial charge in [-0.25, -0.2) is 0 Å². The average Bonchev–Trinajstić information content (AvgIpc) is 2.86. The molecule has 0 spiro atoms. The molecule has 6 nitrogen and oxygen atoms in total. The number of amides is 2. The van der Waals surface area contributed by atoms with E-state index in [1.54, 1.807) is 49.6 Å². The van der Waals surface area contributed by atoms with Gasteiger partial charge in [0.25, 0.3) is 5.91 Å². The van der Waals surface area contributed by atoms with Gasteiger partial charge >= 0.3 is 0 Å². The fourth-order valence-electron chi connectivity index (χ4n) is 3.74. The standard InChI is InChI=1S/C29H32Cl2N2O4/c1-29(2,3)32-28(35)26(17-20-8-6-5-7-9-20)33(18-21-10-15-24(30)25(31)16-21)27(34)19-37-23-13-11-22(36-4)12-14-23/h5-16,26H,17-19H2,1-4H3,(H,32,35). The molecule has 1 unspecified atom stereocenters. The summed E-state index contributed by atoms with van der Waals surface area (Å²) in [4.78, 5) is 28.7. The van der Waals surface area contributed by atoms with Crippen LogP contribution >= 0.6 is 23.2 Å². The summed E-state index contributed by atoms with van der Waals surface area (Å²) in [5.74, 6) is 0.602. The first-order valence-corrected chi connectivity index (χ1v) is 12.7. The number of rotatable bonds is 10. The lowest BCUT2D eigenvalue weighted by Crippen LogP contribution is -2.55. The molecule has 0 heterocycles. The van der Waals surface area contributed by atoms with Crippen molar-refractivity contribution in [3.8, 4) is 11.5 Å². The van der Waals surface area contributed by atoms with Gasteiger partial charge in [0.05, 0.1) is 17.2 Å². The second-order valence-electron chi connectivity index (χ2n) is 9.68. The number of hydrogen-bond donors (Lipinski definition) is 1. The molecule has 0 fully saturated rings. The van der Waals surface area contributed by atoms with E-state index in [0.29, 0.717) is 28.0 Å². The average molecular weight is 543 g/mol. The number of nitrogens with one attached hydrogen (secondary N) is 1. The van der Waals surface area contributed by atoms with E-state index in [2.05, 4.69) is 5.32 Å². The van der Waals surface area contributed by atoms with Gasteiger partial charge in [0.2, 0.25) is 5.91 Å².